The summed E-state index contributed by atoms with van der Waals surface area (Å²) in [6.07, 6.45) is 3.87. The maximum Gasteiger partial charge on any atom is 0.0726 e. The topological polar surface area (TPSA) is 53.3 Å². The lowest BCUT2D eigenvalue weighted by atomic mass is 9.95. The second-order valence-electron chi connectivity index (χ2n) is 5.69. The van der Waals surface area contributed by atoms with Gasteiger partial charge in [0.05, 0.1) is 18.4 Å². The standard InChI is InChI=1S/C14H28N4O/c1-5-17(6-2)7-8-18-10-13(9-16-18)15-11-14(3,4)12-19/h9-10,15,19H,5-8,11-12H2,1-4H3. The van der Waals surface area contributed by atoms with Gasteiger partial charge in [-0.1, -0.05) is 27.7 Å². The van der Waals surface area contributed by atoms with Gasteiger partial charge in [-0.2, -0.15) is 5.10 Å². The average molecular weight is 268 g/mol. The number of nitrogens with zero attached hydrogens (tertiary/aromatic N) is 3. The Morgan fingerprint density at radius 3 is 2.63 bits per heavy atom. The van der Waals surface area contributed by atoms with Gasteiger partial charge in [0.1, 0.15) is 0 Å². The third-order valence-corrected chi connectivity index (χ3v) is 3.37. The van der Waals surface area contributed by atoms with Crippen LogP contribution in [0.4, 0.5) is 5.69 Å². The highest BCUT2D eigenvalue weighted by atomic mass is 16.3. The molecule has 1 aromatic rings. The molecular formula is C14H28N4O. The van der Waals surface area contributed by atoms with E-state index in [1.165, 1.54) is 0 Å². The first-order valence-corrected chi connectivity index (χ1v) is 7.10. The average Bonchev–Trinajstić information content (AvgIpc) is 2.86. The van der Waals surface area contributed by atoms with Crippen molar-refractivity contribution in [3.05, 3.63) is 12.4 Å². The first-order valence-electron chi connectivity index (χ1n) is 7.10. The first kappa shape index (κ1) is 16.0. The molecule has 0 saturated carbocycles. The highest BCUT2D eigenvalue weighted by Gasteiger charge is 2.16. The van der Waals surface area contributed by atoms with Crippen LogP contribution in [0, 0.1) is 5.41 Å². The van der Waals surface area contributed by atoms with Gasteiger partial charge in [-0.3, -0.25) is 4.68 Å². The Bertz CT molecular complexity index is 358. The molecule has 0 unspecified atom stereocenters. The second-order valence-corrected chi connectivity index (χ2v) is 5.69. The molecular weight excluding hydrogens is 240 g/mol. The Labute approximate surface area is 116 Å². The number of hydrogen-bond acceptors (Lipinski definition) is 4. The Hall–Kier alpha value is -1.07. The molecule has 0 aliphatic carbocycles. The Morgan fingerprint density at radius 1 is 1.37 bits per heavy atom. The molecule has 5 heteroatoms. The number of aliphatic hydroxyl groups is 1. The van der Waals surface area contributed by atoms with Crippen molar-refractivity contribution in [2.45, 2.75) is 34.2 Å². The molecule has 0 spiro atoms. The van der Waals surface area contributed by atoms with Crippen molar-refractivity contribution in [1.82, 2.24) is 14.7 Å². The predicted molar refractivity (Wildman–Crippen MR) is 79.4 cm³/mol. The van der Waals surface area contributed by atoms with Gasteiger partial charge in [0, 0.05) is 31.3 Å². The number of aliphatic hydroxyl groups excluding tert-OH is 1. The van der Waals surface area contributed by atoms with Crippen LogP contribution in [0.2, 0.25) is 0 Å². The van der Waals surface area contributed by atoms with E-state index in [4.69, 9.17) is 0 Å². The lowest BCUT2D eigenvalue weighted by Crippen LogP contribution is -2.27. The van der Waals surface area contributed by atoms with E-state index in [-0.39, 0.29) is 12.0 Å². The van der Waals surface area contributed by atoms with Crippen molar-refractivity contribution in [2.75, 3.05) is 38.1 Å². The van der Waals surface area contributed by atoms with Crippen LogP contribution in [0.15, 0.2) is 12.4 Å². The van der Waals surface area contributed by atoms with Gasteiger partial charge in [0.2, 0.25) is 0 Å². The summed E-state index contributed by atoms with van der Waals surface area (Å²) in [4.78, 5) is 2.38. The maximum atomic E-state index is 9.21. The van der Waals surface area contributed by atoms with Crippen LogP contribution in [0.25, 0.3) is 0 Å². The molecule has 1 heterocycles. The summed E-state index contributed by atoms with van der Waals surface area (Å²) in [5.74, 6) is 0. The predicted octanol–water partition coefficient (Wildman–Crippen LogP) is 1.66. The third-order valence-electron chi connectivity index (χ3n) is 3.37. The monoisotopic (exact) mass is 268 g/mol. The number of rotatable bonds is 9. The molecule has 0 bridgehead atoms. The van der Waals surface area contributed by atoms with E-state index < -0.39 is 0 Å². The first-order chi connectivity index (χ1) is 9.00. The fraction of sp³-hybridized carbons (Fsp3) is 0.786. The molecule has 19 heavy (non-hydrogen) atoms. The highest BCUT2D eigenvalue weighted by molar-refractivity contribution is 5.38. The van der Waals surface area contributed by atoms with Crippen molar-refractivity contribution in [3.8, 4) is 0 Å². The summed E-state index contributed by atoms with van der Waals surface area (Å²) in [6.45, 7) is 13.4. The molecule has 0 aliphatic heterocycles. The van der Waals surface area contributed by atoms with Crippen molar-refractivity contribution < 1.29 is 5.11 Å². The minimum absolute atomic E-state index is 0.108. The minimum atomic E-state index is -0.108. The van der Waals surface area contributed by atoms with E-state index in [1.54, 1.807) is 0 Å². The van der Waals surface area contributed by atoms with Crippen LogP contribution in [-0.4, -0.2) is 52.6 Å². The number of likely N-dealkylation sites (N-methyl/N-ethyl adjacent to an activating group) is 1. The minimum Gasteiger partial charge on any atom is -0.396 e. The molecule has 0 radical (unpaired) electrons. The van der Waals surface area contributed by atoms with E-state index >= 15 is 0 Å². The van der Waals surface area contributed by atoms with Gasteiger partial charge >= 0.3 is 0 Å². The van der Waals surface area contributed by atoms with Gasteiger partial charge in [-0.15, -0.1) is 0 Å². The Kier molecular flexibility index (Phi) is 6.31. The van der Waals surface area contributed by atoms with Crippen molar-refractivity contribution in [2.24, 2.45) is 5.41 Å². The summed E-state index contributed by atoms with van der Waals surface area (Å²) < 4.78 is 1.96. The number of hydrogen-bond donors (Lipinski definition) is 2. The summed E-state index contributed by atoms with van der Waals surface area (Å²) >= 11 is 0. The zero-order chi connectivity index (χ0) is 14.3. The van der Waals surface area contributed by atoms with Crippen LogP contribution in [0.5, 0.6) is 0 Å². The molecule has 0 fully saturated rings. The fourth-order valence-electron chi connectivity index (χ4n) is 1.76. The van der Waals surface area contributed by atoms with E-state index in [2.05, 4.69) is 29.2 Å². The molecule has 0 aliphatic rings. The van der Waals surface area contributed by atoms with Crippen LogP contribution < -0.4 is 5.32 Å². The summed E-state index contributed by atoms with van der Waals surface area (Å²) in [5.41, 5.74) is 0.907. The van der Waals surface area contributed by atoms with Crippen LogP contribution in [0.3, 0.4) is 0 Å². The third kappa shape index (κ3) is 5.61. The van der Waals surface area contributed by atoms with Gasteiger partial charge < -0.3 is 15.3 Å². The lowest BCUT2D eigenvalue weighted by Gasteiger charge is -2.21. The smallest absolute Gasteiger partial charge is 0.0726 e. The zero-order valence-corrected chi connectivity index (χ0v) is 12.7. The van der Waals surface area contributed by atoms with E-state index in [1.807, 2.05) is 30.9 Å². The maximum absolute atomic E-state index is 9.21. The van der Waals surface area contributed by atoms with Crippen LogP contribution in [0.1, 0.15) is 27.7 Å². The highest BCUT2D eigenvalue weighted by Crippen LogP contribution is 2.15. The largest absolute Gasteiger partial charge is 0.396 e. The second kappa shape index (κ2) is 7.50. The van der Waals surface area contributed by atoms with Crippen LogP contribution >= 0.6 is 0 Å². The van der Waals surface area contributed by atoms with E-state index in [9.17, 15) is 5.11 Å². The van der Waals surface area contributed by atoms with Gasteiger partial charge in [-0.05, 0) is 13.1 Å². The van der Waals surface area contributed by atoms with Gasteiger partial charge in [0.15, 0.2) is 0 Å². The van der Waals surface area contributed by atoms with Gasteiger partial charge in [-0.25, -0.2) is 0 Å². The summed E-state index contributed by atoms with van der Waals surface area (Å²) in [7, 11) is 0. The molecule has 2 N–H and O–H groups in total. The van der Waals surface area contributed by atoms with E-state index in [0.717, 1.165) is 38.4 Å². The molecule has 5 nitrogen and oxygen atoms in total. The fourth-order valence-corrected chi connectivity index (χ4v) is 1.76. The van der Waals surface area contributed by atoms with Crippen LogP contribution in [-0.2, 0) is 6.54 Å². The van der Waals surface area contributed by atoms with Crippen molar-refractivity contribution >= 4 is 5.69 Å². The Morgan fingerprint density at radius 2 is 2.05 bits per heavy atom. The zero-order valence-electron chi connectivity index (χ0n) is 12.7. The summed E-state index contributed by atoms with van der Waals surface area (Å²) in [6, 6.07) is 0. The Balaban J connectivity index is 2.40. The molecule has 1 rings (SSSR count). The molecule has 110 valence electrons. The van der Waals surface area contributed by atoms with Gasteiger partial charge in [0.25, 0.3) is 0 Å². The number of nitrogens with one attached hydrogen (secondary N) is 1. The quantitative estimate of drug-likeness (QED) is 0.715. The SMILES string of the molecule is CCN(CC)CCn1cc(NCC(C)(C)CO)cn1. The molecule has 0 amide bonds. The summed E-state index contributed by atoms with van der Waals surface area (Å²) in [5, 5.41) is 16.9. The normalized spacial score (nSPS) is 12.1. The molecule has 0 aromatic carbocycles. The number of anilines is 1. The van der Waals surface area contributed by atoms with Crippen molar-refractivity contribution in [3.63, 3.8) is 0 Å². The molecule has 1 aromatic heterocycles. The number of aromatic nitrogens is 2. The molecule has 0 atom stereocenters. The lowest BCUT2D eigenvalue weighted by molar-refractivity contribution is 0.171. The molecule has 0 saturated heterocycles. The van der Waals surface area contributed by atoms with Crippen molar-refractivity contribution in [1.29, 1.82) is 0 Å². The van der Waals surface area contributed by atoms with E-state index in [0.29, 0.717) is 0 Å².